The van der Waals surface area contributed by atoms with Crippen molar-refractivity contribution < 1.29 is 8.42 Å². The first-order valence-corrected chi connectivity index (χ1v) is 8.83. The van der Waals surface area contributed by atoms with E-state index in [1.165, 1.54) is 17.4 Å². The number of benzene rings is 1. The van der Waals surface area contributed by atoms with Crippen LogP contribution in [0.15, 0.2) is 23.1 Å². The molecule has 1 aromatic carbocycles. The van der Waals surface area contributed by atoms with Crippen molar-refractivity contribution in [1.82, 2.24) is 9.71 Å². The van der Waals surface area contributed by atoms with Crippen LogP contribution in [0.3, 0.4) is 0 Å². The molecule has 0 saturated heterocycles. The van der Waals surface area contributed by atoms with Gasteiger partial charge < -0.3 is 5.73 Å². The zero-order valence-corrected chi connectivity index (χ0v) is 14.1. The summed E-state index contributed by atoms with van der Waals surface area (Å²) in [4.78, 5) is 5.48. The molecule has 0 aliphatic heterocycles. The van der Waals surface area contributed by atoms with E-state index in [2.05, 4.69) is 9.71 Å². The van der Waals surface area contributed by atoms with E-state index >= 15 is 0 Å². The van der Waals surface area contributed by atoms with Crippen LogP contribution in [0.5, 0.6) is 0 Å². The highest BCUT2D eigenvalue weighted by molar-refractivity contribution is 7.89. The van der Waals surface area contributed by atoms with Crippen LogP contribution in [0.1, 0.15) is 34.1 Å². The highest BCUT2D eigenvalue weighted by Crippen LogP contribution is 2.26. The molecular weight excluding hydrogens is 306 g/mol. The van der Waals surface area contributed by atoms with E-state index in [9.17, 15) is 8.42 Å². The molecule has 0 bridgehead atoms. The summed E-state index contributed by atoms with van der Waals surface area (Å²) in [7, 11) is -3.58. The summed E-state index contributed by atoms with van der Waals surface area (Å²) in [5.74, 6) is 0. The Hall–Kier alpha value is -1.44. The second kappa shape index (κ2) is 5.75. The number of nitrogens with zero attached hydrogens (tertiary/aromatic N) is 1. The van der Waals surface area contributed by atoms with E-state index in [0.717, 1.165) is 21.1 Å². The molecule has 3 N–H and O–H groups in total. The summed E-state index contributed by atoms with van der Waals surface area (Å²) in [5, 5.41) is 0.928. The van der Waals surface area contributed by atoms with Gasteiger partial charge in [0.05, 0.1) is 21.6 Å². The van der Waals surface area contributed by atoms with E-state index in [4.69, 9.17) is 5.73 Å². The van der Waals surface area contributed by atoms with Crippen LogP contribution in [-0.2, 0) is 10.0 Å². The number of anilines is 1. The molecule has 7 heteroatoms. The van der Waals surface area contributed by atoms with Crippen molar-refractivity contribution in [2.24, 2.45) is 0 Å². The fraction of sp³-hybridized carbons (Fsp3) is 0.357. The predicted molar refractivity (Wildman–Crippen MR) is 85.9 cm³/mol. The molecule has 0 aliphatic carbocycles. The first-order valence-electron chi connectivity index (χ1n) is 6.53. The number of hydrogen-bond donors (Lipinski definition) is 2. The minimum atomic E-state index is -3.58. The highest BCUT2D eigenvalue weighted by atomic mass is 32.2. The molecular formula is C14H19N3O2S2. The Morgan fingerprint density at radius 3 is 2.48 bits per heavy atom. The Kier molecular flexibility index (Phi) is 4.36. The van der Waals surface area contributed by atoms with Gasteiger partial charge >= 0.3 is 0 Å². The molecule has 1 heterocycles. The average Bonchev–Trinajstić information content (AvgIpc) is 2.71. The second-order valence-electron chi connectivity index (χ2n) is 5.04. The van der Waals surface area contributed by atoms with Gasteiger partial charge in [-0.3, -0.25) is 0 Å². The van der Waals surface area contributed by atoms with Crippen molar-refractivity contribution in [3.8, 4) is 0 Å². The molecule has 0 spiro atoms. The third kappa shape index (κ3) is 3.42. The number of nitrogens with one attached hydrogen (secondary N) is 1. The third-order valence-electron chi connectivity index (χ3n) is 3.22. The maximum atomic E-state index is 12.4. The van der Waals surface area contributed by atoms with Crippen LogP contribution < -0.4 is 10.5 Å². The monoisotopic (exact) mass is 325 g/mol. The summed E-state index contributed by atoms with van der Waals surface area (Å²) in [6.45, 7) is 7.40. The smallest absolute Gasteiger partial charge is 0.241 e. The van der Waals surface area contributed by atoms with Gasteiger partial charge in [0.25, 0.3) is 0 Å². The Labute approximate surface area is 129 Å². The van der Waals surface area contributed by atoms with Crippen molar-refractivity contribution >= 4 is 27.0 Å². The topological polar surface area (TPSA) is 85.1 Å². The van der Waals surface area contributed by atoms with Crippen LogP contribution in [-0.4, -0.2) is 13.4 Å². The van der Waals surface area contributed by atoms with E-state index in [-0.39, 0.29) is 10.9 Å². The maximum absolute atomic E-state index is 12.4. The van der Waals surface area contributed by atoms with Gasteiger partial charge in [-0.2, -0.15) is 0 Å². The number of sulfonamides is 1. The van der Waals surface area contributed by atoms with Crippen LogP contribution in [0.2, 0.25) is 0 Å². The van der Waals surface area contributed by atoms with E-state index in [1.54, 1.807) is 19.1 Å². The predicted octanol–water partition coefficient (Wildman–Crippen LogP) is 2.69. The van der Waals surface area contributed by atoms with Gasteiger partial charge in [-0.1, -0.05) is 0 Å². The quantitative estimate of drug-likeness (QED) is 0.846. The normalized spacial score (nSPS) is 13.3. The number of nitrogen functional groups attached to an aromatic ring is 1. The molecule has 1 atom stereocenters. The second-order valence-corrected chi connectivity index (χ2v) is 7.99. The molecule has 0 radical (unpaired) electrons. The number of aromatic nitrogens is 1. The summed E-state index contributed by atoms with van der Waals surface area (Å²) in [5.41, 5.74) is 7.91. The van der Waals surface area contributed by atoms with Crippen LogP contribution in [0, 0.1) is 20.8 Å². The molecule has 21 heavy (non-hydrogen) atoms. The van der Waals surface area contributed by atoms with E-state index < -0.39 is 10.0 Å². The molecule has 0 aliphatic rings. The van der Waals surface area contributed by atoms with Gasteiger partial charge in [-0.05, 0) is 51.5 Å². The van der Waals surface area contributed by atoms with Gasteiger partial charge in [-0.25, -0.2) is 18.1 Å². The van der Waals surface area contributed by atoms with Crippen molar-refractivity contribution in [1.29, 1.82) is 0 Å². The molecule has 2 rings (SSSR count). The molecule has 1 unspecified atom stereocenters. The Balaban J connectivity index is 2.28. The van der Waals surface area contributed by atoms with Crippen molar-refractivity contribution in [3.05, 3.63) is 39.3 Å². The zero-order valence-electron chi connectivity index (χ0n) is 12.5. The molecule has 2 aromatic rings. The number of aryl methyl sites for hydroxylation is 3. The van der Waals surface area contributed by atoms with E-state index in [0.29, 0.717) is 5.69 Å². The fourth-order valence-corrected chi connectivity index (χ4v) is 4.42. The fourth-order valence-electron chi connectivity index (χ4n) is 2.12. The lowest BCUT2D eigenvalue weighted by Crippen LogP contribution is -2.26. The molecule has 0 saturated carbocycles. The third-order valence-corrected chi connectivity index (χ3v) is 6.01. The van der Waals surface area contributed by atoms with Crippen molar-refractivity contribution in [2.75, 3.05) is 5.73 Å². The minimum absolute atomic E-state index is 0.222. The number of thiazole rings is 1. The van der Waals surface area contributed by atoms with Gasteiger partial charge in [0.15, 0.2) is 0 Å². The van der Waals surface area contributed by atoms with Crippen LogP contribution >= 0.6 is 11.3 Å². The van der Waals surface area contributed by atoms with Gasteiger partial charge in [0, 0.05) is 10.6 Å². The minimum Gasteiger partial charge on any atom is -0.399 e. The number of hydrogen-bond acceptors (Lipinski definition) is 5. The van der Waals surface area contributed by atoms with Gasteiger partial charge in [0.1, 0.15) is 0 Å². The summed E-state index contributed by atoms with van der Waals surface area (Å²) in [6, 6.07) is 4.38. The van der Waals surface area contributed by atoms with Crippen molar-refractivity contribution in [3.63, 3.8) is 0 Å². The van der Waals surface area contributed by atoms with Crippen LogP contribution in [0.25, 0.3) is 0 Å². The molecule has 0 amide bonds. The average molecular weight is 325 g/mol. The van der Waals surface area contributed by atoms with Crippen molar-refractivity contribution in [2.45, 2.75) is 38.6 Å². The lowest BCUT2D eigenvalue weighted by Gasteiger charge is -2.14. The summed E-state index contributed by atoms with van der Waals surface area (Å²) < 4.78 is 27.6. The Morgan fingerprint density at radius 2 is 1.95 bits per heavy atom. The molecule has 1 aromatic heterocycles. The summed E-state index contributed by atoms with van der Waals surface area (Å²) in [6.07, 6.45) is 0. The van der Waals surface area contributed by atoms with E-state index in [1.807, 2.05) is 20.8 Å². The lowest BCUT2D eigenvalue weighted by molar-refractivity contribution is 0.568. The first-order chi connectivity index (χ1) is 9.70. The SMILES string of the molecule is Cc1nc(C)c(C(C)NS(=O)(=O)c2ccc(N)c(C)c2)s1. The van der Waals surface area contributed by atoms with Gasteiger partial charge in [-0.15, -0.1) is 11.3 Å². The van der Waals surface area contributed by atoms with Crippen LogP contribution in [0.4, 0.5) is 5.69 Å². The molecule has 114 valence electrons. The summed E-state index contributed by atoms with van der Waals surface area (Å²) >= 11 is 1.51. The maximum Gasteiger partial charge on any atom is 0.241 e. The Bertz CT molecular complexity index is 767. The largest absolute Gasteiger partial charge is 0.399 e. The standard InChI is InChI=1S/C14H19N3O2S2/c1-8-7-12(5-6-13(8)15)21(18,19)17-10(3)14-9(2)16-11(4)20-14/h5-7,10,17H,15H2,1-4H3. The first kappa shape index (κ1) is 15.9. The highest BCUT2D eigenvalue weighted by Gasteiger charge is 2.21. The lowest BCUT2D eigenvalue weighted by atomic mass is 10.2. The Morgan fingerprint density at radius 1 is 1.29 bits per heavy atom. The number of rotatable bonds is 4. The molecule has 0 fully saturated rings. The van der Waals surface area contributed by atoms with Gasteiger partial charge in [0.2, 0.25) is 10.0 Å². The zero-order chi connectivity index (χ0) is 15.8. The molecule has 5 nitrogen and oxygen atoms in total. The number of nitrogens with two attached hydrogens (primary N) is 1.